The Balaban J connectivity index is 2.57. The van der Waals surface area contributed by atoms with Gasteiger partial charge in [-0.1, -0.05) is 27.7 Å². The van der Waals surface area contributed by atoms with Crippen molar-refractivity contribution in [1.29, 1.82) is 0 Å². The van der Waals surface area contributed by atoms with Crippen molar-refractivity contribution in [3.8, 4) is 0 Å². The van der Waals surface area contributed by atoms with Crippen LogP contribution in [0.5, 0.6) is 0 Å². The Morgan fingerprint density at radius 1 is 1.20 bits per heavy atom. The van der Waals surface area contributed by atoms with Crippen LogP contribution in [-0.2, 0) is 0 Å². The van der Waals surface area contributed by atoms with Crippen LogP contribution in [0.2, 0.25) is 0 Å². The van der Waals surface area contributed by atoms with Crippen LogP contribution in [0.25, 0.3) is 0 Å². The molecule has 20 heavy (non-hydrogen) atoms. The van der Waals surface area contributed by atoms with E-state index in [1.807, 2.05) is 13.0 Å². The Morgan fingerprint density at radius 3 is 2.30 bits per heavy atom. The second-order valence-electron chi connectivity index (χ2n) is 5.82. The Kier molecular flexibility index (Phi) is 6.49. The standard InChI is InChI=1S/C16H27N3O/c1-6-17-13-7-8-15(18-9-13)16(20)19-10-14(11(2)3)12(4)5/h7-9,11-12,14,17H,6,10H2,1-5H3,(H,19,20). The predicted molar refractivity (Wildman–Crippen MR) is 83.9 cm³/mol. The lowest BCUT2D eigenvalue weighted by Gasteiger charge is -2.24. The minimum absolute atomic E-state index is 0.0978. The van der Waals surface area contributed by atoms with Gasteiger partial charge in [-0.25, -0.2) is 4.98 Å². The minimum atomic E-state index is -0.0978. The topological polar surface area (TPSA) is 54.0 Å². The summed E-state index contributed by atoms with van der Waals surface area (Å²) in [6, 6.07) is 3.64. The van der Waals surface area contributed by atoms with Crippen molar-refractivity contribution in [2.45, 2.75) is 34.6 Å². The molecule has 0 fully saturated rings. The highest BCUT2D eigenvalue weighted by Crippen LogP contribution is 2.19. The number of carbonyl (C=O) groups excluding carboxylic acids is 1. The van der Waals surface area contributed by atoms with Gasteiger partial charge in [0, 0.05) is 13.1 Å². The molecule has 0 spiro atoms. The zero-order valence-electron chi connectivity index (χ0n) is 13.2. The minimum Gasteiger partial charge on any atom is -0.384 e. The molecule has 0 bridgehead atoms. The fourth-order valence-corrected chi connectivity index (χ4v) is 2.38. The van der Waals surface area contributed by atoms with E-state index >= 15 is 0 Å². The molecule has 0 radical (unpaired) electrons. The van der Waals surface area contributed by atoms with Crippen molar-refractivity contribution >= 4 is 11.6 Å². The van der Waals surface area contributed by atoms with E-state index in [0.717, 1.165) is 12.2 Å². The van der Waals surface area contributed by atoms with Gasteiger partial charge in [-0.15, -0.1) is 0 Å². The average molecular weight is 277 g/mol. The van der Waals surface area contributed by atoms with E-state index in [2.05, 4.69) is 43.3 Å². The fraction of sp³-hybridized carbons (Fsp3) is 0.625. The molecule has 1 rings (SSSR count). The molecule has 1 aromatic heterocycles. The number of carbonyl (C=O) groups is 1. The van der Waals surface area contributed by atoms with Gasteiger partial charge in [-0.2, -0.15) is 0 Å². The Morgan fingerprint density at radius 2 is 1.85 bits per heavy atom. The van der Waals surface area contributed by atoms with Crippen LogP contribution in [0.1, 0.15) is 45.1 Å². The van der Waals surface area contributed by atoms with Crippen molar-refractivity contribution in [2.24, 2.45) is 17.8 Å². The molecule has 2 N–H and O–H groups in total. The third kappa shape index (κ3) is 4.83. The number of hydrogen-bond acceptors (Lipinski definition) is 3. The van der Waals surface area contributed by atoms with Gasteiger partial charge in [0.05, 0.1) is 11.9 Å². The van der Waals surface area contributed by atoms with Crippen molar-refractivity contribution in [2.75, 3.05) is 18.4 Å². The van der Waals surface area contributed by atoms with Gasteiger partial charge in [0.25, 0.3) is 5.91 Å². The third-order valence-electron chi connectivity index (χ3n) is 3.59. The zero-order valence-corrected chi connectivity index (χ0v) is 13.2. The summed E-state index contributed by atoms with van der Waals surface area (Å²) in [4.78, 5) is 16.3. The maximum absolute atomic E-state index is 12.1. The first-order valence-corrected chi connectivity index (χ1v) is 7.43. The van der Waals surface area contributed by atoms with Gasteiger partial charge in [0.15, 0.2) is 0 Å². The SMILES string of the molecule is CCNc1ccc(C(=O)NCC(C(C)C)C(C)C)nc1. The first kappa shape index (κ1) is 16.5. The molecule has 0 aliphatic rings. The highest BCUT2D eigenvalue weighted by Gasteiger charge is 2.18. The summed E-state index contributed by atoms with van der Waals surface area (Å²) in [6.07, 6.45) is 1.70. The molecule has 1 amide bonds. The molecule has 0 aliphatic carbocycles. The highest BCUT2D eigenvalue weighted by molar-refractivity contribution is 5.92. The maximum Gasteiger partial charge on any atom is 0.269 e. The molecule has 4 heteroatoms. The molecule has 0 aliphatic heterocycles. The van der Waals surface area contributed by atoms with Gasteiger partial charge < -0.3 is 10.6 Å². The average Bonchev–Trinajstić information content (AvgIpc) is 2.39. The Hall–Kier alpha value is -1.58. The summed E-state index contributed by atoms with van der Waals surface area (Å²) in [5, 5.41) is 6.15. The number of rotatable bonds is 7. The van der Waals surface area contributed by atoms with E-state index in [1.165, 1.54) is 0 Å². The maximum atomic E-state index is 12.1. The predicted octanol–water partition coefficient (Wildman–Crippen LogP) is 3.17. The summed E-state index contributed by atoms with van der Waals surface area (Å²) < 4.78 is 0. The lowest BCUT2D eigenvalue weighted by atomic mass is 9.85. The fourth-order valence-electron chi connectivity index (χ4n) is 2.38. The monoisotopic (exact) mass is 277 g/mol. The second-order valence-corrected chi connectivity index (χ2v) is 5.82. The van der Waals surface area contributed by atoms with E-state index in [9.17, 15) is 4.79 Å². The van der Waals surface area contributed by atoms with E-state index in [0.29, 0.717) is 30.0 Å². The molecule has 4 nitrogen and oxygen atoms in total. The molecule has 1 heterocycles. The Labute approximate surface area is 122 Å². The number of aromatic nitrogens is 1. The summed E-state index contributed by atoms with van der Waals surface area (Å²) in [6.45, 7) is 12.3. The second kappa shape index (κ2) is 7.88. The van der Waals surface area contributed by atoms with Gasteiger partial charge >= 0.3 is 0 Å². The van der Waals surface area contributed by atoms with Gasteiger partial charge in [0.1, 0.15) is 5.69 Å². The van der Waals surface area contributed by atoms with Crippen LogP contribution in [0.4, 0.5) is 5.69 Å². The third-order valence-corrected chi connectivity index (χ3v) is 3.59. The molecule has 0 atom stereocenters. The van der Waals surface area contributed by atoms with Crippen LogP contribution in [-0.4, -0.2) is 24.0 Å². The largest absolute Gasteiger partial charge is 0.384 e. The summed E-state index contributed by atoms with van der Waals surface area (Å²) >= 11 is 0. The van der Waals surface area contributed by atoms with Crippen molar-refractivity contribution < 1.29 is 4.79 Å². The van der Waals surface area contributed by atoms with E-state index in [1.54, 1.807) is 12.3 Å². The number of pyridine rings is 1. The molecule has 112 valence electrons. The molecule has 1 aromatic rings. The number of hydrogen-bond donors (Lipinski definition) is 2. The summed E-state index contributed by atoms with van der Waals surface area (Å²) in [5.41, 5.74) is 1.41. The first-order chi connectivity index (χ1) is 9.45. The van der Waals surface area contributed by atoms with Gasteiger partial charge in [-0.3, -0.25) is 4.79 Å². The van der Waals surface area contributed by atoms with E-state index in [4.69, 9.17) is 0 Å². The van der Waals surface area contributed by atoms with Crippen molar-refractivity contribution in [3.63, 3.8) is 0 Å². The zero-order chi connectivity index (χ0) is 15.1. The number of nitrogens with zero attached hydrogens (tertiary/aromatic N) is 1. The normalized spacial score (nSPS) is 11.2. The molecular weight excluding hydrogens is 250 g/mol. The number of nitrogens with one attached hydrogen (secondary N) is 2. The first-order valence-electron chi connectivity index (χ1n) is 7.43. The van der Waals surface area contributed by atoms with E-state index in [-0.39, 0.29) is 5.91 Å². The highest BCUT2D eigenvalue weighted by atomic mass is 16.1. The molecule has 0 unspecified atom stereocenters. The van der Waals surface area contributed by atoms with Crippen LogP contribution < -0.4 is 10.6 Å². The molecule has 0 saturated carbocycles. The quantitative estimate of drug-likeness (QED) is 0.805. The van der Waals surface area contributed by atoms with E-state index < -0.39 is 0 Å². The molecule has 0 saturated heterocycles. The number of amides is 1. The van der Waals surface area contributed by atoms with Gasteiger partial charge in [-0.05, 0) is 36.8 Å². The smallest absolute Gasteiger partial charge is 0.269 e. The summed E-state index contributed by atoms with van der Waals surface area (Å²) in [7, 11) is 0. The van der Waals surface area contributed by atoms with Crippen LogP contribution >= 0.6 is 0 Å². The van der Waals surface area contributed by atoms with Crippen LogP contribution in [0, 0.1) is 17.8 Å². The van der Waals surface area contributed by atoms with Crippen molar-refractivity contribution in [1.82, 2.24) is 10.3 Å². The molecule has 0 aromatic carbocycles. The number of anilines is 1. The van der Waals surface area contributed by atoms with Gasteiger partial charge in [0.2, 0.25) is 0 Å². The van der Waals surface area contributed by atoms with Crippen LogP contribution in [0.3, 0.4) is 0 Å². The molecular formula is C16H27N3O. The van der Waals surface area contributed by atoms with Crippen LogP contribution in [0.15, 0.2) is 18.3 Å². The summed E-state index contributed by atoms with van der Waals surface area (Å²) in [5.74, 6) is 1.50. The Bertz CT molecular complexity index is 404. The lowest BCUT2D eigenvalue weighted by Crippen LogP contribution is -2.34. The van der Waals surface area contributed by atoms with Crippen molar-refractivity contribution in [3.05, 3.63) is 24.0 Å². The lowest BCUT2D eigenvalue weighted by molar-refractivity contribution is 0.0932.